The molecule has 0 saturated heterocycles. The second-order valence-corrected chi connectivity index (χ2v) is 5.01. The molecule has 1 saturated carbocycles. The van der Waals surface area contributed by atoms with Crippen LogP contribution in [0.3, 0.4) is 0 Å². The van der Waals surface area contributed by atoms with Crippen LogP contribution in [0.1, 0.15) is 26.7 Å². The number of guanidine groups is 1. The van der Waals surface area contributed by atoms with Gasteiger partial charge in [0, 0.05) is 13.2 Å². The zero-order valence-electron chi connectivity index (χ0n) is 10.8. The van der Waals surface area contributed by atoms with E-state index in [0.29, 0.717) is 17.8 Å². The minimum absolute atomic E-state index is 0.431. The topological polar surface area (TPSA) is 99.0 Å². The van der Waals surface area contributed by atoms with E-state index in [2.05, 4.69) is 21.4 Å². The second-order valence-electron chi connectivity index (χ2n) is 5.01. The Labute approximate surface area is 106 Å². The summed E-state index contributed by atoms with van der Waals surface area (Å²) in [5.41, 5.74) is -0.794. The molecule has 0 aromatic carbocycles. The van der Waals surface area contributed by atoms with Crippen LogP contribution in [-0.4, -0.2) is 36.3 Å². The van der Waals surface area contributed by atoms with Gasteiger partial charge in [-0.3, -0.25) is 0 Å². The van der Waals surface area contributed by atoms with Gasteiger partial charge in [-0.25, -0.2) is 10.9 Å². The largest absolute Gasteiger partial charge is 0.352 e. The van der Waals surface area contributed by atoms with Crippen LogP contribution >= 0.6 is 0 Å². The van der Waals surface area contributed by atoms with Crippen LogP contribution in [0.25, 0.3) is 0 Å². The monoisotopic (exact) mass is 250 g/mol. The highest BCUT2D eigenvalue weighted by molar-refractivity contribution is 6.01. The van der Waals surface area contributed by atoms with Crippen molar-refractivity contribution in [3.05, 3.63) is 0 Å². The molecule has 7 nitrogen and oxygen atoms in total. The fourth-order valence-electron chi connectivity index (χ4n) is 1.62. The van der Waals surface area contributed by atoms with Crippen LogP contribution in [0.2, 0.25) is 0 Å². The first kappa shape index (κ1) is 12.8. The van der Waals surface area contributed by atoms with Gasteiger partial charge >= 0.3 is 0 Å². The number of amidine groups is 1. The average Bonchev–Trinajstić information content (AvgIpc) is 3.14. The van der Waals surface area contributed by atoms with E-state index in [1.807, 2.05) is 0 Å². The molecule has 0 aromatic rings. The Morgan fingerprint density at radius 3 is 2.72 bits per heavy atom. The van der Waals surface area contributed by atoms with Crippen molar-refractivity contribution in [1.82, 2.24) is 10.3 Å². The van der Waals surface area contributed by atoms with E-state index < -0.39 is 11.8 Å². The lowest BCUT2D eigenvalue weighted by Gasteiger charge is -2.34. The van der Waals surface area contributed by atoms with E-state index >= 15 is 0 Å². The van der Waals surface area contributed by atoms with Crippen LogP contribution in [0.5, 0.6) is 0 Å². The summed E-state index contributed by atoms with van der Waals surface area (Å²) in [6.07, 6.45) is 1.59. The Kier molecular flexibility index (Phi) is 3.24. The number of hydrogen-bond acceptors (Lipinski definition) is 7. The van der Waals surface area contributed by atoms with E-state index in [4.69, 9.17) is 10.6 Å². The highest BCUT2D eigenvalue weighted by Crippen LogP contribution is 2.24. The number of nitrogens with one attached hydrogen (secondary N) is 1. The maximum Gasteiger partial charge on any atom is 0.245 e. The lowest BCUT2D eigenvalue weighted by molar-refractivity contribution is 0.00814. The zero-order valence-corrected chi connectivity index (χ0v) is 10.8. The number of hydrazine groups is 1. The highest BCUT2D eigenvalue weighted by atomic mass is 16.5. The molecule has 1 heterocycles. The number of aliphatic imine (C=N–C) groups is 2. The number of methoxy groups -OCH3 is 1. The van der Waals surface area contributed by atoms with Crippen LogP contribution < -0.4 is 11.2 Å². The van der Waals surface area contributed by atoms with Crippen LogP contribution in [0, 0.1) is 16.7 Å². The molecule has 0 aromatic heterocycles. The summed E-state index contributed by atoms with van der Waals surface area (Å²) in [7, 11) is 1.52. The van der Waals surface area contributed by atoms with Crippen molar-refractivity contribution >= 4 is 11.8 Å². The molecule has 18 heavy (non-hydrogen) atoms. The fraction of sp³-hybridized carbons (Fsp3) is 0.727. The van der Waals surface area contributed by atoms with Gasteiger partial charge in [0.2, 0.25) is 12.3 Å². The molecule has 2 rings (SSSR count). The summed E-state index contributed by atoms with van der Waals surface area (Å²) in [5.74, 6) is 6.84. The summed E-state index contributed by atoms with van der Waals surface area (Å²) in [6.45, 7) is 3.52. The number of hydrogen-bond donors (Lipinski definition) is 2. The third-order valence-corrected chi connectivity index (χ3v) is 2.89. The Morgan fingerprint density at radius 2 is 2.22 bits per heavy atom. The predicted molar refractivity (Wildman–Crippen MR) is 67.2 cm³/mol. The summed E-state index contributed by atoms with van der Waals surface area (Å²) >= 11 is 0. The van der Waals surface area contributed by atoms with Gasteiger partial charge in [-0.2, -0.15) is 15.2 Å². The fourth-order valence-corrected chi connectivity index (χ4v) is 1.62. The highest BCUT2D eigenvalue weighted by Gasteiger charge is 2.36. The zero-order chi connectivity index (χ0) is 13.3. The minimum Gasteiger partial charge on any atom is -0.352 e. The minimum atomic E-state index is -0.794. The molecule has 3 N–H and O–H groups in total. The van der Waals surface area contributed by atoms with Gasteiger partial charge in [0.15, 0.2) is 0 Å². The normalized spacial score (nSPS) is 24.2. The van der Waals surface area contributed by atoms with Crippen molar-refractivity contribution in [1.29, 1.82) is 5.26 Å². The number of rotatable bonds is 3. The van der Waals surface area contributed by atoms with Gasteiger partial charge in [0.1, 0.15) is 11.3 Å². The first-order valence-corrected chi connectivity index (χ1v) is 5.89. The number of nitriles is 1. The lowest BCUT2D eigenvalue weighted by atomic mass is 9.93. The SMILES string of the molecule is COC1N=C(NC2CC2)N=C(C(C)(C)C#N)N1N. The van der Waals surface area contributed by atoms with Crippen molar-refractivity contribution < 1.29 is 4.74 Å². The molecular weight excluding hydrogens is 232 g/mol. The summed E-state index contributed by atoms with van der Waals surface area (Å²) < 4.78 is 5.19. The molecule has 2 aliphatic rings. The van der Waals surface area contributed by atoms with Gasteiger partial charge in [-0.1, -0.05) is 0 Å². The second kappa shape index (κ2) is 4.55. The van der Waals surface area contributed by atoms with Gasteiger partial charge < -0.3 is 10.1 Å². The van der Waals surface area contributed by atoms with E-state index in [0.717, 1.165) is 12.8 Å². The van der Waals surface area contributed by atoms with E-state index in [1.54, 1.807) is 13.8 Å². The third-order valence-electron chi connectivity index (χ3n) is 2.89. The van der Waals surface area contributed by atoms with Crippen molar-refractivity contribution in [2.24, 2.45) is 21.2 Å². The number of nitrogens with two attached hydrogens (primary N) is 1. The summed E-state index contributed by atoms with van der Waals surface area (Å²) in [4.78, 5) is 8.58. The molecule has 1 unspecified atom stereocenters. The number of ether oxygens (including phenoxy) is 1. The average molecular weight is 250 g/mol. The van der Waals surface area contributed by atoms with Crippen LogP contribution in [0.15, 0.2) is 9.98 Å². The summed E-state index contributed by atoms with van der Waals surface area (Å²) in [6, 6.07) is 2.62. The first-order valence-electron chi connectivity index (χ1n) is 5.89. The molecular formula is C11H18N6O. The molecule has 98 valence electrons. The lowest BCUT2D eigenvalue weighted by Crippen LogP contribution is -2.54. The van der Waals surface area contributed by atoms with Gasteiger partial charge in [0.25, 0.3) is 0 Å². The Hall–Kier alpha value is -1.65. The smallest absolute Gasteiger partial charge is 0.245 e. The van der Waals surface area contributed by atoms with Gasteiger partial charge in [0.05, 0.1) is 6.07 Å². The molecule has 1 aliphatic carbocycles. The van der Waals surface area contributed by atoms with Crippen molar-refractivity contribution in [2.75, 3.05) is 7.11 Å². The molecule has 0 radical (unpaired) electrons. The Balaban J connectivity index is 2.27. The molecule has 1 aliphatic heterocycles. The maximum absolute atomic E-state index is 9.19. The Morgan fingerprint density at radius 1 is 1.56 bits per heavy atom. The molecule has 0 spiro atoms. The predicted octanol–water partition coefficient (Wildman–Crippen LogP) is 0.162. The van der Waals surface area contributed by atoms with Gasteiger partial charge in [-0.15, -0.1) is 0 Å². The van der Waals surface area contributed by atoms with Gasteiger partial charge in [-0.05, 0) is 26.7 Å². The molecule has 0 amide bonds. The third kappa shape index (κ3) is 2.44. The van der Waals surface area contributed by atoms with Crippen molar-refractivity contribution in [3.63, 3.8) is 0 Å². The van der Waals surface area contributed by atoms with Crippen LogP contribution in [0.4, 0.5) is 0 Å². The van der Waals surface area contributed by atoms with Crippen molar-refractivity contribution in [2.45, 2.75) is 39.1 Å². The summed E-state index contributed by atoms with van der Waals surface area (Å²) in [5, 5.41) is 13.7. The van der Waals surface area contributed by atoms with Crippen LogP contribution in [-0.2, 0) is 4.74 Å². The Bertz CT molecular complexity index is 431. The quantitative estimate of drug-likeness (QED) is 0.695. The standard InChI is InChI=1S/C11H18N6O/c1-11(2,6-12)8-15-9(14-7-4-5-7)16-10(18-3)17(8)13/h7,10H,4-5,13H2,1-3H3,(H,14,16). The molecule has 7 heteroatoms. The maximum atomic E-state index is 9.19. The molecule has 1 fully saturated rings. The van der Waals surface area contributed by atoms with E-state index in [9.17, 15) is 5.26 Å². The first-order chi connectivity index (χ1) is 8.47. The number of nitrogens with zero attached hydrogens (tertiary/aromatic N) is 4. The van der Waals surface area contributed by atoms with E-state index in [-0.39, 0.29) is 0 Å². The molecule has 1 atom stereocenters. The van der Waals surface area contributed by atoms with Crippen molar-refractivity contribution in [3.8, 4) is 6.07 Å². The van der Waals surface area contributed by atoms with E-state index in [1.165, 1.54) is 12.1 Å². The molecule has 0 bridgehead atoms.